The van der Waals surface area contributed by atoms with Gasteiger partial charge in [-0.05, 0) is 0 Å². The molecule has 0 aliphatic rings. The molecule has 2 rings (SSSR count). The van der Waals surface area contributed by atoms with Gasteiger partial charge < -0.3 is 4.74 Å². The minimum absolute atomic E-state index is 0.139. The third kappa shape index (κ3) is 2.86. The van der Waals surface area contributed by atoms with E-state index in [1.54, 1.807) is 7.05 Å². The molecule has 2 aromatic rings. The fraction of sp³-hybridized carbons (Fsp3) is 0.250. The van der Waals surface area contributed by atoms with Gasteiger partial charge in [-0.1, -0.05) is 11.6 Å². The van der Waals surface area contributed by atoms with E-state index in [0.29, 0.717) is 0 Å². The molecule has 0 saturated heterocycles. The largest absolute Gasteiger partial charge is 0.451 e. The van der Waals surface area contributed by atoms with E-state index in [-0.39, 0.29) is 17.0 Å². The number of rotatable bonds is 2. The van der Waals surface area contributed by atoms with Crippen LogP contribution in [0, 0.1) is 0 Å². The number of hydrogen-bond donors (Lipinski definition) is 0. The zero-order valence-electron chi connectivity index (χ0n) is 8.81. The maximum absolute atomic E-state index is 12.4. The number of aromatic nitrogens is 5. The molecule has 2 heterocycles. The van der Waals surface area contributed by atoms with E-state index in [0.717, 1.165) is 6.07 Å². The lowest BCUT2D eigenvalue weighted by atomic mass is 10.5. The second-order valence-electron chi connectivity index (χ2n) is 3.15. The fourth-order valence-corrected chi connectivity index (χ4v) is 1.21. The Bertz CT molecular complexity index is 570. The molecular formula is C8H5ClF3N5O. The molecule has 6 nitrogen and oxygen atoms in total. The maximum Gasteiger partial charge on any atom is 0.451 e. The van der Waals surface area contributed by atoms with E-state index in [4.69, 9.17) is 16.3 Å². The summed E-state index contributed by atoms with van der Waals surface area (Å²) < 4.78 is 43.5. The van der Waals surface area contributed by atoms with E-state index in [1.807, 2.05) is 0 Å². The molecule has 18 heavy (non-hydrogen) atoms. The number of halogens is 4. The molecule has 0 aliphatic heterocycles. The predicted molar refractivity (Wildman–Crippen MR) is 53.1 cm³/mol. The first kappa shape index (κ1) is 12.6. The van der Waals surface area contributed by atoms with Crippen molar-refractivity contribution in [3.8, 4) is 11.9 Å². The van der Waals surface area contributed by atoms with Gasteiger partial charge in [-0.15, -0.1) is 5.10 Å². The highest BCUT2D eigenvalue weighted by atomic mass is 35.5. The summed E-state index contributed by atoms with van der Waals surface area (Å²) in [5.74, 6) is -1.77. The first-order chi connectivity index (χ1) is 8.34. The van der Waals surface area contributed by atoms with Crippen LogP contribution in [-0.2, 0) is 13.2 Å². The van der Waals surface area contributed by atoms with E-state index in [2.05, 4.69) is 20.1 Å². The van der Waals surface area contributed by atoms with E-state index < -0.39 is 12.0 Å². The van der Waals surface area contributed by atoms with Crippen LogP contribution in [0.4, 0.5) is 13.2 Å². The van der Waals surface area contributed by atoms with Crippen LogP contribution in [0.5, 0.6) is 11.9 Å². The lowest BCUT2D eigenvalue weighted by Crippen LogP contribution is -2.11. The maximum atomic E-state index is 12.4. The molecule has 0 radical (unpaired) electrons. The Morgan fingerprint density at radius 3 is 2.61 bits per heavy atom. The van der Waals surface area contributed by atoms with Crippen molar-refractivity contribution in [2.24, 2.45) is 7.05 Å². The summed E-state index contributed by atoms with van der Waals surface area (Å²) in [6.07, 6.45) is -3.39. The van der Waals surface area contributed by atoms with Crippen LogP contribution in [0.15, 0.2) is 12.4 Å². The van der Waals surface area contributed by atoms with E-state index >= 15 is 0 Å². The first-order valence-electron chi connectivity index (χ1n) is 4.50. The lowest BCUT2D eigenvalue weighted by Gasteiger charge is -2.06. The highest BCUT2D eigenvalue weighted by molar-refractivity contribution is 6.29. The van der Waals surface area contributed by atoms with Crippen LogP contribution in [0.1, 0.15) is 5.82 Å². The van der Waals surface area contributed by atoms with Gasteiger partial charge in [0, 0.05) is 13.1 Å². The molecule has 0 aliphatic carbocycles. The number of ether oxygens (including phenoxy) is 1. The van der Waals surface area contributed by atoms with Crippen LogP contribution in [0.2, 0.25) is 5.15 Å². The zero-order chi connectivity index (χ0) is 13.3. The molecule has 0 bridgehead atoms. The highest BCUT2D eigenvalue weighted by Gasteiger charge is 2.35. The van der Waals surface area contributed by atoms with Crippen LogP contribution in [-0.4, -0.2) is 24.7 Å². The van der Waals surface area contributed by atoms with Crippen molar-refractivity contribution < 1.29 is 17.9 Å². The molecule has 0 unspecified atom stereocenters. The zero-order valence-corrected chi connectivity index (χ0v) is 9.57. The Hall–Kier alpha value is -1.90. The molecule has 0 saturated carbocycles. The van der Waals surface area contributed by atoms with Crippen LogP contribution >= 0.6 is 11.6 Å². The number of alkyl halides is 3. The molecule has 96 valence electrons. The van der Waals surface area contributed by atoms with Crippen molar-refractivity contribution in [2.45, 2.75) is 6.18 Å². The third-order valence-electron chi connectivity index (χ3n) is 1.70. The molecular weight excluding hydrogens is 275 g/mol. The van der Waals surface area contributed by atoms with Gasteiger partial charge in [0.25, 0.3) is 0 Å². The van der Waals surface area contributed by atoms with Gasteiger partial charge in [0.05, 0.1) is 0 Å². The fourth-order valence-electron chi connectivity index (χ4n) is 1.04. The smallest absolute Gasteiger partial charge is 0.404 e. The Balaban J connectivity index is 2.31. The number of nitrogens with zero attached hydrogens (tertiary/aromatic N) is 5. The summed E-state index contributed by atoms with van der Waals surface area (Å²) in [5, 5.41) is 3.34. The molecule has 0 fully saturated rings. The molecule has 0 aromatic carbocycles. The average molecular weight is 280 g/mol. The van der Waals surface area contributed by atoms with Gasteiger partial charge in [0.2, 0.25) is 11.7 Å². The average Bonchev–Trinajstić information content (AvgIpc) is 2.61. The molecule has 0 N–H and O–H groups in total. The Morgan fingerprint density at radius 1 is 1.33 bits per heavy atom. The van der Waals surface area contributed by atoms with Crippen molar-refractivity contribution >= 4 is 11.6 Å². The van der Waals surface area contributed by atoms with Crippen LogP contribution < -0.4 is 4.74 Å². The van der Waals surface area contributed by atoms with Gasteiger partial charge in [0.15, 0.2) is 0 Å². The van der Waals surface area contributed by atoms with Gasteiger partial charge >= 0.3 is 12.2 Å². The van der Waals surface area contributed by atoms with Crippen molar-refractivity contribution in [3.63, 3.8) is 0 Å². The van der Waals surface area contributed by atoms with Gasteiger partial charge in [0.1, 0.15) is 11.5 Å². The summed E-state index contributed by atoms with van der Waals surface area (Å²) in [5.41, 5.74) is 0. The summed E-state index contributed by atoms with van der Waals surface area (Å²) >= 11 is 5.45. The molecule has 0 atom stereocenters. The topological polar surface area (TPSA) is 65.7 Å². The summed E-state index contributed by atoms with van der Waals surface area (Å²) in [6.45, 7) is 0. The Kier molecular flexibility index (Phi) is 3.07. The summed E-state index contributed by atoms with van der Waals surface area (Å²) in [6, 6.07) is 0.896. The molecule has 0 spiro atoms. The summed E-state index contributed by atoms with van der Waals surface area (Å²) in [7, 11) is 1.58. The molecule has 0 amide bonds. The second kappa shape index (κ2) is 4.41. The van der Waals surface area contributed by atoms with Crippen molar-refractivity contribution in [1.82, 2.24) is 24.7 Å². The second-order valence-corrected chi connectivity index (χ2v) is 3.54. The van der Waals surface area contributed by atoms with Crippen LogP contribution in [0.25, 0.3) is 0 Å². The summed E-state index contributed by atoms with van der Waals surface area (Å²) in [4.78, 5) is 9.91. The number of aryl methyl sites for hydroxylation is 1. The van der Waals surface area contributed by atoms with E-state index in [1.165, 1.54) is 11.0 Å². The van der Waals surface area contributed by atoms with E-state index in [9.17, 15) is 13.2 Å². The van der Waals surface area contributed by atoms with Crippen LogP contribution in [0.3, 0.4) is 0 Å². The minimum Gasteiger partial charge on any atom is -0.404 e. The van der Waals surface area contributed by atoms with Gasteiger partial charge in [-0.25, -0.2) is 4.98 Å². The Morgan fingerprint density at radius 2 is 2.06 bits per heavy atom. The normalized spacial score (nSPS) is 11.6. The van der Waals surface area contributed by atoms with Crippen molar-refractivity contribution in [1.29, 1.82) is 0 Å². The highest BCUT2D eigenvalue weighted by Crippen LogP contribution is 2.29. The Labute approximate surface area is 103 Å². The predicted octanol–water partition coefficient (Wildman–Crippen LogP) is 2.07. The lowest BCUT2D eigenvalue weighted by molar-refractivity contribution is -0.145. The quantitative estimate of drug-likeness (QED) is 0.787. The van der Waals surface area contributed by atoms with Crippen molar-refractivity contribution in [3.05, 3.63) is 23.4 Å². The third-order valence-corrected chi connectivity index (χ3v) is 1.89. The molecule has 10 heteroatoms. The van der Waals surface area contributed by atoms with Gasteiger partial charge in [-0.2, -0.15) is 23.1 Å². The monoisotopic (exact) mass is 279 g/mol. The SMILES string of the molecule is Cn1cnc(Oc2cc(Cl)nc(C(F)(F)F)n2)n1. The standard InChI is InChI=1S/C8H5ClF3N5O/c1-17-3-13-7(16-17)18-5-2-4(9)14-6(15-5)8(10,11)12/h2-3H,1H3. The van der Waals surface area contributed by atoms with Crippen molar-refractivity contribution in [2.75, 3.05) is 0 Å². The minimum atomic E-state index is -4.71. The number of hydrogen-bond acceptors (Lipinski definition) is 5. The first-order valence-corrected chi connectivity index (χ1v) is 4.87. The van der Waals surface area contributed by atoms with Gasteiger partial charge in [-0.3, -0.25) is 4.68 Å². The molecule has 2 aromatic heterocycles.